The van der Waals surface area contributed by atoms with Gasteiger partial charge >= 0.3 is 0 Å². The van der Waals surface area contributed by atoms with Crippen LogP contribution in [0.1, 0.15) is 40.0 Å². The van der Waals surface area contributed by atoms with E-state index in [2.05, 4.69) is 40.5 Å². The number of halogens is 1. The van der Waals surface area contributed by atoms with Crippen molar-refractivity contribution in [3.63, 3.8) is 0 Å². The van der Waals surface area contributed by atoms with Crippen LogP contribution < -0.4 is 4.90 Å². The molecule has 2 fully saturated rings. The standard InChI is InChI=1S/C22H35ClN6O2S/c1-4-6-7-20(30)29-13-12-28(15-17(29)3)19-14-18(23)24-22(25-19)32-16-21(31)27-10-8-26(5-2)9-11-27/h14,17H,4-13,15-16H2,1-3H3. The lowest BCUT2D eigenvalue weighted by molar-refractivity contribution is -0.133. The van der Waals surface area contributed by atoms with Gasteiger partial charge in [0.25, 0.3) is 0 Å². The number of amides is 2. The number of piperazine rings is 2. The van der Waals surface area contributed by atoms with Gasteiger partial charge in [0.2, 0.25) is 11.8 Å². The average molecular weight is 483 g/mol. The maximum Gasteiger partial charge on any atom is 0.233 e. The fraction of sp³-hybridized carbons (Fsp3) is 0.727. The van der Waals surface area contributed by atoms with Crippen molar-refractivity contribution in [3.05, 3.63) is 11.2 Å². The van der Waals surface area contributed by atoms with Gasteiger partial charge in [-0.3, -0.25) is 9.59 Å². The van der Waals surface area contributed by atoms with Crippen molar-refractivity contribution in [3.8, 4) is 0 Å². The van der Waals surface area contributed by atoms with E-state index in [1.54, 1.807) is 6.07 Å². The highest BCUT2D eigenvalue weighted by Gasteiger charge is 2.28. The van der Waals surface area contributed by atoms with Crippen molar-refractivity contribution in [2.24, 2.45) is 0 Å². The Kier molecular flexibility index (Phi) is 9.43. The Morgan fingerprint density at radius 1 is 1.09 bits per heavy atom. The third-order valence-electron chi connectivity index (χ3n) is 6.17. The van der Waals surface area contributed by atoms with Gasteiger partial charge in [0.1, 0.15) is 11.0 Å². The highest BCUT2D eigenvalue weighted by molar-refractivity contribution is 7.99. The summed E-state index contributed by atoms with van der Waals surface area (Å²) in [5, 5.41) is 0.887. The topological polar surface area (TPSA) is 72.9 Å². The van der Waals surface area contributed by atoms with Gasteiger partial charge in [-0.15, -0.1) is 0 Å². The Bertz CT molecular complexity index is 790. The molecule has 0 spiro atoms. The van der Waals surface area contributed by atoms with Crippen LogP contribution in [0.15, 0.2) is 11.2 Å². The molecule has 1 atom stereocenters. The van der Waals surface area contributed by atoms with Crippen LogP contribution in [0.3, 0.4) is 0 Å². The van der Waals surface area contributed by atoms with E-state index in [1.165, 1.54) is 11.8 Å². The normalized spacial score (nSPS) is 20.0. The zero-order valence-corrected chi connectivity index (χ0v) is 21.0. The number of thioether (sulfide) groups is 1. The summed E-state index contributed by atoms with van der Waals surface area (Å²) in [4.78, 5) is 42.4. The molecule has 178 valence electrons. The molecule has 2 aliphatic heterocycles. The molecule has 0 radical (unpaired) electrons. The second-order valence-electron chi connectivity index (χ2n) is 8.42. The van der Waals surface area contributed by atoms with E-state index < -0.39 is 0 Å². The Balaban J connectivity index is 1.55. The Morgan fingerprint density at radius 2 is 1.84 bits per heavy atom. The van der Waals surface area contributed by atoms with Gasteiger partial charge in [-0.2, -0.15) is 0 Å². The Morgan fingerprint density at radius 3 is 2.50 bits per heavy atom. The molecule has 0 N–H and O–H groups in total. The third-order valence-corrected chi connectivity index (χ3v) is 7.20. The van der Waals surface area contributed by atoms with Crippen molar-refractivity contribution in [1.29, 1.82) is 0 Å². The minimum absolute atomic E-state index is 0.112. The monoisotopic (exact) mass is 482 g/mol. The number of anilines is 1. The Labute approximate surface area is 200 Å². The summed E-state index contributed by atoms with van der Waals surface area (Å²) in [5.41, 5.74) is 0. The molecule has 2 aliphatic rings. The lowest BCUT2D eigenvalue weighted by Crippen LogP contribution is -2.54. The number of aromatic nitrogens is 2. The zero-order chi connectivity index (χ0) is 23.1. The summed E-state index contributed by atoms with van der Waals surface area (Å²) in [6, 6.07) is 1.87. The van der Waals surface area contributed by atoms with Crippen LogP contribution in [-0.2, 0) is 9.59 Å². The van der Waals surface area contributed by atoms with Crippen molar-refractivity contribution < 1.29 is 9.59 Å². The first kappa shape index (κ1) is 25.1. The van der Waals surface area contributed by atoms with Crippen molar-refractivity contribution in [1.82, 2.24) is 24.7 Å². The van der Waals surface area contributed by atoms with Gasteiger partial charge in [0, 0.05) is 64.3 Å². The van der Waals surface area contributed by atoms with Crippen LogP contribution in [-0.4, -0.2) is 101 Å². The Hall–Kier alpha value is -1.58. The molecular formula is C22H35ClN6O2S. The molecule has 2 amide bonds. The SMILES string of the molecule is CCCCC(=O)N1CCN(c2cc(Cl)nc(SCC(=O)N3CCN(CC)CC3)n2)CC1C. The van der Waals surface area contributed by atoms with Gasteiger partial charge in [0.05, 0.1) is 5.75 Å². The van der Waals surface area contributed by atoms with Gasteiger partial charge in [-0.1, -0.05) is 43.6 Å². The van der Waals surface area contributed by atoms with E-state index in [9.17, 15) is 9.59 Å². The molecule has 0 aromatic carbocycles. The molecule has 1 aromatic rings. The van der Waals surface area contributed by atoms with Crippen molar-refractivity contribution >= 4 is 41.0 Å². The van der Waals surface area contributed by atoms with E-state index in [0.29, 0.717) is 42.1 Å². The number of rotatable bonds is 8. The molecule has 3 heterocycles. The molecule has 0 saturated carbocycles. The third kappa shape index (κ3) is 6.71. The lowest BCUT2D eigenvalue weighted by Gasteiger charge is -2.40. The summed E-state index contributed by atoms with van der Waals surface area (Å²) in [7, 11) is 0. The molecule has 10 heteroatoms. The second-order valence-corrected chi connectivity index (χ2v) is 9.75. The summed E-state index contributed by atoms with van der Waals surface area (Å²) in [5.74, 6) is 1.41. The quantitative estimate of drug-likeness (QED) is 0.320. The van der Waals surface area contributed by atoms with Gasteiger partial charge in [0.15, 0.2) is 5.16 Å². The van der Waals surface area contributed by atoms with Crippen molar-refractivity contribution in [2.45, 2.75) is 51.2 Å². The molecule has 1 unspecified atom stereocenters. The van der Waals surface area contributed by atoms with Gasteiger partial charge < -0.3 is 19.6 Å². The summed E-state index contributed by atoms with van der Waals surface area (Å²) in [6.07, 6.45) is 2.57. The number of carbonyl (C=O) groups excluding carboxylic acids is 2. The summed E-state index contributed by atoms with van der Waals surface area (Å²) < 4.78 is 0. The maximum absolute atomic E-state index is 12.6. The minimum Gasteiger partial charge on any atom is -0.353 e. The number of carbonyl (C=O) groups is 2. The van der Waals surface area contributed by atoms with Crippen molar-refractivity contribution in [2.75, 3.05) is 63.0 Å². The first-order valence-corrected chi connectivity index (χ1v) is 13.0. The average Bonchev–Trinajstić information content (AvgIpc) is 2.80. The van der Waals surface area contributed by atoms with E-state index in [-0.39, 0.29) is 17.9 Å². The molecule has 1 aromatic heterocycles. The van der Waals surface area contributed by atoms with E-state index >= 15 is 0 Å². The molecule has 32 heavy (non-hydrogen) atoms. The van der Waals surface area contributed by atoms with Crippen LogP contribution in [0.5, 0.6) is 0 Å². The van der Waals surface area contributed by atoms with E-state index in [0.717, 1.165) is 51.4 Å². The lowest BCUT2D eigenvalue weighted by atomic mass is 10.1. The number of likely N-dealkylation sites (N-methyl/N-ethyl adjacent to an activating group) is 1. The fourth-order valence-corrected chi connectivity index (χ4v) is 5.13. The largest absolute Gasteiger partial charge is 0.353 e. The number of nitrogens with zero attached hydrogens (tertiary/aromatic N) is 6. The number of unbranched alkanes of at least 4 members (excludes halogenated alkanes) is 1. The molecule has 2 saturated heterocycles. The second kappa shape index (κ2) is 12.0. The molecule has 3 rings (SSSR count). The molecule has 0 bridgehead atoms. The predicted octanol–water partition coefficient (Wildman–Crippen LogP) is 2.61. The van der Waals surface area contributed by atoms with Crippen LogP contribution in [0.25, 0.3) is 0 Å². The first-order valence-electron chi connectivity index (χ1n) is 11.6. The number of hydrogen-bond acceptors (Lipinski definition) is 7. The smallest absolute Gasteiger partial charge is 0.233 e. The highest BCUT2D eigenvalue weighted by Crippen LogP contribution is 2.24. The van der Waals surface area contributed by atoms with Crippen LogP contribution in [0.2, 0.25) is 5.15 Å². The summed E-state index contributed by atoms with van der Waals surface area (Å²) in [6.45, 7) is 12.8. The molecule has 0 aliphatic carbocycles. The fourth-order valence-electron chi connectivity index (χ4n) is 4.15. The van der Waals surface area contributed by atoms with Crippen LogP contribution in [0.4, 0.5) is 5.82 Å². The van der Waals surface area contributed by atoms with Crippen LogP contribution in [0, 0.1) is 0 Å². The summed E-state index contributed by atoms with van der Waals surface area (Å²) >= 11 is 7.62. The first-order chi connectivity index (χ1) is 15.4. The maximum atomic E-state index is 12.6. The van der Waals surface area contributed by atoms with E-state index in [1.807, 2.05) is 9.80 Å². The predicted molar refractivity (Wildman–Crippen MR) is 129 cm³/mol. The van der Waals surface area contributed by atoms with Crippen LogP contribution >= 0.6 is 23.4 Å². The van der Waals surface area contributed by atoms with Gasteiger partial charge in [-0.05, 0) is 19.9 Å². The minimum atomic E-state index is 0.112. The van der Waals surface area contributed by atoms with Gasteiger partial charge in [-0.25, -0.2) is 9.97 Å². The molecule has 8 nitrogen and oxygen atoms in total. The van der Waals surface area contributed by atoms with E-state index in [4.69, 9.17) is 11.6 Å². The highest BCUT2D eigenvalue weighted by atomic mass is 35.5. The zero-order valence-electron chi connectivity index (χ0n) is 19.4. The number of hydrogen-bond donors (Lipinski definition) is 0. The molecular weight excluding hydrogens is 448 g/mol.